The normalized spacial score (nSPS) is 48.7. The van der Waals surface area contributed by atoms with E-state index < -0.39 is 11.4 Å². The second-order valence-electron chi connectivity index (χ2n) is 15.4. The minimum Gasteiger partial charge on any atom is -0.465 e. The topological polar surface area (TPSA) is 82.0 Å². The van der Waals surface area contributed by atoms with E-state index in [4.69, 9.17) is 9.57 Å². The summed E-state index contributed by atoms with van der Waals surface area (Å²) in [5, 5.41) is 4.35. The van der Waals surface area contributed by atoms with Crippen molar-refractivity contribution in [2.24, 2.45) is 61.8 Å². The molecule has 6 heteroatoms. The van der Waals surface area contributed by atoms with Gasteiger partial charge in [0.1, 0.15) is 12.9 Å². The Morgan fingerprint density at radius 2 is 1.62 bits per heavy atom. The molecule has 5 rings (SSSR count). The molecule has 0 unspecified atom stereocenters. The second-order valence-corrected chi connectivity index (χ2v) is 15.4. The van der Waals surface area contributed by atoms with Crippen LogP contribution in [0.4, 0.5) is 0 Å². The number of carbonyl (C=O) groups excluding carboxylic acids is 3. The third kappa shape index (κ3) is 4.01. The minimum absolute atomic E-state index is 0.0494. The molecule has 0 amide bonds. The number of rotatable bonds is 5. The first-order valence-electron chi connectivity index (χ1n) is 15.7. The van der Waals surface area contributed by atoms with Gasteiger partial charge in [-0.3, -0.25) is 4.79 Å². The van der Waals surface area contributed by atoms with Crippen LogP contribution < -0.4 is 0 Å². The largest absolute Gasteiger partial charge is 0.465 e. The summed E-state index contributed by atoms with van der Waals surface area (Å²) in [5.74, 6) is 1.47. The summed E-state index contributed by atoms with van der Waals surface area (Å²) in [5.41, 5.74) is 1.82. The van der Waals surface area contributed by atoms with E-state index in [2.05, 4.69) is 46.4 Å². The van der Waals surface area contributed by atoms with Crippen LogP contribution in [0.5, 0.6) is 0 Å². The van der Waals surface area contributed by atoms with Crippen LogP contribution in [0.15, 0.2) is 17.3 Å². The molecule has 222 valence electrons. The van der Waals surface area contributed by atoms with E-state index in [0.29, 0.717) is 23.7 Å². The fraction of sp³-hybridized carbons (Fsp3) is 0.824. The van der Waals surface area contributed by atoms with Crippen molar-refractivity contribution in [1.29, 1.82) is 0 Å². The zero-order valence-corrected chi connectivity index (χ0v) is 25.9. The van der Waals surface area contributed by atoms with Crippen molar-refractivity contribution in [1.82, 2.24) is 0 Å². The molecule has 0 aliphatic heterocycles. The number of carbonyl (C=O) groups is 3. The molecule has 0 bridgehead atoms. The van der Waals surface area contributed by atoms with Crippen molar-refractivity contribution in [3.63, 3.8) is 0 Å². The SMILES string of the molecule is C=C(C)[C@@H]1CC[C@]2(C=O)CC[C@]3(C)[C@H](CC[C@@H]4[C@@]5(C)CC/C(=N\OC(C)=O)[C@@](C)(COC(C)=O)[C@@H]5CC[C@]43C)[C@@H]12. The smallest absolute Gasteiger partial charge is 0.331 e. The molecule has 0 aromatic heterocycles. The van der Waals surface area contributed by atoms with Crippen molar-refractivity contribution in [2.45, 2.75) is 113 Å². The third-order valence-electron chi connectivity index (χ3n) is 13.8. The van der Waals surface area contributed by atoms with Crippen LogP contribution in [0.1, 0.15) is 113 Å². The van der Waals surface area contributed by atoms with E-state index in [1.54, 1.807) is 0 Å². The van der Waals surface area contributed by atoms with Crippen LogP contribution in [-0.2, 0) is 24.0 Å². The quantitative estimate of drug-likeness (QED) is 0.117. The summed E-state index contributed by atoms with van der Waals surface area (Å²) in [4.78, 5) is 41.5. The highest BCUT2D eigenvalue weighted by Crippen LogP contribution is 2.77. The summed E-state index contributed by atoms with van der Waals surface area (Å²) >= 11 is 0. The number of allylic oxidation sites excluding steroid dienone is 1. The van der Waals surface area contributed by atoms with Crippen LogP contribution >= 0.6 is 0 Å². The maximum absolute atomic E-state index is 12.7. The Balaban J connectivity index is 1.53. The molecule has 0 aromatic rings. The molecular formula is C34H51NO5. The molecule has 0 radical (unpaired) electrons. The lowest BCUT2D eigenvalue weighted by molar-refractivity contribution is -0.228. The number of hydrogen-bond donors (Lipinski definition) is 0. The predicted octanol–water partition coefficient (Wildman–Crippen LogP) is 7.31. The Bertz CT molecular complexity index is 1130. The molecule has 10 atom stereocenters. The summed E-state index contributed by atoms with van der Waals surface area (Å²) in [6.45, 7) is 19.5. The number of hydrogen-bond acceptors (Lipinski definition) is 6. The molecule has 0 aromatic carbocycles. The molecule has 6 nitrogen and oxygen atoms in total. The maximum Gasteiger partial charge on any atom is 0.331 e. The van der Waals surface area contributed by atoms with Gasteiger partial charge in [-0.2, -0.15) is 0 Å². The van der Waals surface area contributed by atoms with Crippen LogP contribution in [0.3, 0.4) is 0 Å². The lowest BCUT2D eigenvalue weighted by atomic mass is 9.32. The van der Waals surface area contributed by atoms with E-state index in [0.717, 1.165) is 69.9 Å². The van der Waals surface area contributed by atoms with Gasteiger partial charge in [0, 0.05) is 24.7 Å². The summed E-state index contributed by atoms with van der Waals surface area (Å²) in [7, 11) is 0. The number of nitrogens with zero attached hydrogens (tertiary/aromatic N) is 1. The molecule has 0 N–H and O–H groups in total. The Hall–Kier alpha value is -1.98. The first-order valence-corrected chi connectivity index (χ1v) is 15.7. The van der Waals surface area contributed by atoms with Gasteiger partial charge in [-0.1, -0.05) is 45.0 Å². The van der Waals surface area contributed by atoms with Crippen LogP contribution in [0.25, 0.3) is 0 Å². The van der Waals surface area contributed by atoms with Gasteiger partial charge in [0.2, 0.25) is 0 Å². The highest BCUT2D eigenvalue weighted by atomic mass is 16.7. The van der Waals surface area contributed by atoms with Crippen molar-refractivity contribution < 1.29 is 24.0 Å². The van der Waals surface area contributed by atoms with Gasteiger partial charge in [-0.05, 0) is 117 Å². The first-order chi connectivity index (χ1) is 18.7. The van der Waals surface area contributed by atoms with Crippen molar-refractivity contribution in [2.75, 3.05) is 6.61 Å². The molecule has 5 aliphatic rings. The summed E-state index contributed by atoms with van der Waals surface area (Å²) in [6.07, 6.45) is 11.8. The minimum atomic E-state index is -0.483. The average Bonchev–Trinajstić information content (AvgIpc) is 3.28. The fourth-order valence-corrected chi connectivity index (χ4v) is 11.7. The Kier molecular flexibility index (Phi) is 7.23. The van der Waals surface area contributed by atoms with Gasteiger partial charge in [0.15, 0.2) is 0 Å². The Morgan fingerprint density at radius 3 is 2.25 bits per heavy atom. The van der Waals surface area contributed by atoms with E-state index >= 15 is 0 Å². The van der Waals surface area contributed by atoms with Crippen LogP contribution in [-0.4, -0.2) is 30.5 Å². The van der Waals surface area contributed by atoms with E-state index in [1.165, 1.54) is 25.7 Å². The summed E-state index contributed by atoms with van der Waals surface area (Å²) in [6, 6.07) is 0. The molecule has 5 fully saturated rings. The van der Waals surface area contributed by atoms with Gasteiger partial charge in [0.05, 0.1) is 5.71 Å². The van der Waals surface area contributed by atoms with Gasteiger partial charge in [0.25, 0.3) is 0 Å². The van der Waals surface area contributed by atoms with Crippen molar-refractivity contribution in [3.8, 4) is 0 Å². The molecule has 5 aliphatic carbocycles. The van der Waals surface area contributed by atoms with Crippen molar-refractivity contribution in [3.05, 3.63) is 12.2 Å². The highest BCUT2D eigenvalue weighted by Gasteiger charge is 2.71. The van der Waals surface area contributed by atoms with E-state index in [1.807, 2.05) is 0 Å². The average molecular weight is 554 g/mol. The zero-order chi connectivity index (χ0) is 29.3. The molecule has 40 heavy (non-hydrogen) atoms. The zero-order valence-electron chi connectivity index (χ0n) is 25.9. The van der Waals surface area contributed by atoms with Crippen molar-refractivity contribution >= 4 is 23.9 Å². The molecular weight excluding hydrogens is 502 g/mol. The van der Waals surface area contributed by atoms with Gasteiger partial charge in [-0.15, -0.1) is 0 Å². The highest BCUT2D eigenvalue weighted by molar-refractivity contribution is 5.91. The molecule has 5 saturated carbocycles. The number of oxime groups is 1. The second kappa shape index (κ2) is 9.80. The van der Waals surface area contributed by atoms with Gasteiger partial charge in [-0.25, -0.2) is 4.79 Å². The van der Waals surface area contributed by atoms with Gasteiger partial charge >= 0.3 is 11.9 Å². The number of esters is 1. The predicted molar refractivity (Wildman–Crippen MR) is 155 cm³/mol. The van der Waals surface area contributed by atoms with Gasteiger partial charge < -0.3 is 14.4 Å². The molecule has 0 saturated heterocycles. The van der Waals surface area contributed by atoms with Crippen LogP contribution in [0.2, 0.25) is 0 Å². The number of fused-ring (bicyclic) bond motifs is 7. The lowest BCUT2D eigenvalue weighted by Gasteiger charge is -2.72. The standard InChI is InChI=1S/C34H51NO5/c1-21(2)24-11-16-34(19-36)18-17-32(7)25(29(24)34)9-10-27-30(5)14-13-28(35-40-23(4)38)31(6,20-39-22(3)37)26(30)12-15-33(27,32)8/h19,24-27,29H,1,9-18,20H2,2-8H3/b35-28+/t24-,25+,26+,27+,29+,30-,31-,32+,33+,34+/m0/s1. The summed E-state index contributed by atoms with van der Waals surface area (Å²) < 4.78 is 5.69. The monoisotopic (exact) mass is 553 g/mol. The third-order valence-corrected chi connectivity index (χ3v) is 13.8. The first kappa shape index (κ1) is 29.5. The Labute approximate surface area is 241 Å². The molecule has 0 heterocycles. The lowest BCUT2D eigenvalue weighted by Crippen LogP contribution is -2.67. The number of ether oxygens (including phenoxy) is 1. The Morgan fingerprint density at radius 1 is 0.900 bits per heavy atom. The van der Waals surface area contributed by atoms with Crippen LogP contribution in [0, 0.1) is 56.7 Å². The van der Waals surface area contributed by atoms with E-state index in [-0.39, 0.29) is 40.2 Å². The fourth-order valence-electron chi connectivity index (χ4n) is 11.7. The maximum atomic E-state index is 12.7. The number of aldehydes is 1. The van der Waals surface area contributed by atoms with E-state index in [9.17, 15) is 14.4 Å². The molecule has 0 spiro atoms.